The number of carbonyl (C=O) groups excluding carboxylic acids is 1. The number of benzene rings is 1. The van der Waals surface area contributed by atoms with Crippen molar-refractivity contribution in [3.05, 3.63) is 34.9 Å². The van der Waals surface area contributed by atoms with Crippen LogP contribution in [0.1, 0.15) is 42.5 Å². The molecule has 24 heavy (non-hydrogen) atoms. The van der Waals surface area contributed by atoms with Gasteiger partial charge in [0.05, 0.1) is 17.7 Å². The summed E-state index contributed by atoms with van der Waals surface area (Å²) in [5, 5.41) is 2.74. The number of hydrogen-bond acceptors (Lipinski definition) is 3. The number of nitrogens with one attached hydrogen (secondary N) is 1. The van der Waals surface area contributed by atoms with E-state index in [1.54, 1.807) is 6.92 Å². The van der Waals surface area contributed by atoms with Crippen LogP contribution in [0.25, 0.3) is 0 Å². The monoisotopic (exact) mass is 355 g/mol. The molecule has 1 N–H and O–H groups in total. The van der Waals surface area contributed by atoms with E-state index in [1.807, 2.05) is 0 Å². The maximum atomic E-state index is 12.9. The maximum Gasteiger partial charge on any atom is 0.416 e. The zero-order valence-corrected chi connectivity index (χ0v) is 12.6. The molecule has 1 aliphatic heterocycles. The summed E-state index contributed by atoms with van der Waals surface area (Å²) in [6.45, 7) is 1.75. The Morgan fingerprint density at radius 3 is 2.08 bits per heavy atom. The first-order chi connectivity index (χ1) is 11.0. The first-order valence-electron chi connectivity index (χ1n) is 7.24. The number of hydrogen-bond donors (Lipinski definition) is 1. The zero-order valence-electron chi connectivity index (χ0n) is 12.6. The van der Waals surface area contributed by atoms with E-state index in [9.17, 15) is 31.1 Å². The van der Waals surface area contributed by atoms with E-state index in [-0.39, 0.29) is 31.1 Å². The Morgan fingerprint density at radius 1 is 1.08 bits per heavy atom. The number of rotatable bonds is 3. The van der Waals surface area contributed by atoms with Crippen LogP contribution < -0.4 is 5.32 Å². The Morgan fingerprint density at radius 2 is 1.62 bits per heavy atom. The molecular formula is C15H15F6NO2. The van der Waals surface area contributed by atoms with E-state index in [0.717, 1.165) is 0 Å². The second kappa shape index (κ2) is 6.62. The molecule has 134 valence electrons. The van der Waals surface area contributed by atoms with Gasteiger partial charge in [-0.2, -0.15) is 26.3 Å². The van der Waals surface area contributed by atoms with E-state index in [4.69, 9.17) is 4.74 Å². The van der Waals surface area contributed by atoms with Crippen molar-refractivity contribution in [3.63, 3.8) is 0 Å². The molecule has 0 saturated carbocycles. The average molecular weight is 355 g/mol. The molecule has 0 amide bonds. The summed E-state index contributed by atoms with van der Waals surface area (Å²) in [6, 6.07) is -0.0658. The van der Waals surface area contributed by atoms with Gasteiger partial charge in [-0.15, -0.1) is 0 Å². The lowest BCUT2D eigenvalue weighted by molar-refractivity contribution is -0.146. The second-order valence-electron chi connectivity index (χ2n) is 5.44. The van der Waals surface area contributed by atoms with Crippen molar-refractivity contribution in [3.8, 4) is 0 Å². The Labute approximate surface area is 134 Å². The lowest BCUT2D eigenvalue weighted by atomic mass is 9.98. The molecule has 9 heteroatoms. The molecular weight excluding hydrogens is 340 g/mol. The highest BCUT2D eigenvalue weighted by molar-refractivity contribution is 5.76. The Balaban J connectivity index is 2.32. The number of carbonyl (C=O) groups is 1. The number of ether oxygens (including phenoxy) is 1. The van der Waals surface area contributed by atoms with Gasteiger partial charge in [0.15, 0.2) is 0 Å². The SMILES string of the molecule is CCOC(=O)C1CCC(c2cc(C(F)(F)F)cc(C(F)(F)F)c2)N1. The van der Waals surface area contributed by atoms with Crippen molar-refractivity contribution >= 4 is 5.97 Å². The van der Waals surface area contributed by atoms with Crippen LogP contribution in [0.15, 0.2) is 18.2 Å². The minimum atomic E-state index is -4.89. The maximum absolute atomic E-state index is 12.9. The molecule has 0 spiro atoms. The molecule has 2 atom stereocenters. The lowest BCUT2D eigenvalue weighted by Crippen LogP contribution is -2.33. The van der Waals surface area contributed by atoms with Gasteiger partial charge in [-0.3, -0.25) is 10.1 Å². The van der Waals surface area contributed by atoms with Crippen LogP contribution in [-0.4, -0.2) is 18.6 Å². The fraction of sp³-hybridized carbons (Fsp3) is 0.533. The normalized spacial score (nSPS) is 21.8. The fourth-order valence-electron chi connectivity index (χ4n) is 2.61. The molecule has 2 unspecified atom stereocenters. The number of alkyl halides is 6. The number of esters is 1. The van der Waals surface area contributed by atoms with E-state index < -0.39 is 41.5 Å². The third-order valence-electron chi connectivity index (χ3n) is 3.73. The summed E-state index contributed by atoms with van der Waals surface area (Å²) in [5.41, 5.74) is -2.88. The minimum Gasteiger partial charge on any atom is -0.465 e. The number of halogens is 6. The van der Waals surface area contributed by atoms with Gasteiger partial charge in [0.1, 0.15) is 6.04 Å². The van der Waals surface area contributed by atoms with Crippen LogP contribution in [0.4, 0.5) is 26.3 Å². The summed E-state index contributed by atoms with van der Waals surface area (Å²) in [6.07, 6.45) is -9.27. The molecule has 1 heterocycles. The lowest BCUT2D eigenvalue weighted by Gasteiger charge is -2.18. The molecule has 0 aliphatic carbocycles. The van der Waals surface area contributed by atoms with Crippen molar-refractivity contribution in [1.29, 1.82) is 0 Å². The van der Waals surface area contributed by atoms with Gasteiger partial charge in [-0.05, 0) is 43.5 Å². The first kappa shape index (κ1) is 18.6. The largest absolute Gasteiger partial charge is 0.465 e. The average Bonchev–Trinajstić information content (AvgIpc) is 2.95. The molecule has 0 aromatic heterocycles. The van der Waals surface area contributed by atoms with E-state index in [2.05, 4.69) is 5.32 Å². The molecule has 1 aromatic carbocycles. The summed E-state index contributed by atoms with van der Waals surface area (Å²) in [7, 11) is 0. The van der Waals surface area contributed by atoms with Crippen LogP contribution in [0.2, 0.25) is 0 Å². The smallest absolute Gasteiger partial charge is 0.416 e. The summed E-state index contributed by atoms with van der Waals surface area (Å²) in [5.74, 6) is -0.567. The predicted molar refractivity (Wildman–Crippen MR) is 72.0 cm³/mol. The van der Waals surface area contributed by atoms with E-state index in [0.29, 0.717) is 12.1 Å². The van der Waals surface area contributed by atoms with Gasteiger partial charge in [0.25, 0.3) is 0 Å². The van der Waals surface area contributed by atoms with E-state index in [1.165, 1.54) is 0 Å². The predicted octanol–water partition coefficient (Wildman–Crippen LogP) is 4.08. The van der Waals surface area contributed by atoms with Crippen LogP contribution >= 0.6 is 0 Å². The fourth-order valence-corrected chi connectivity index (χ4v) is 2.61. The Hall–Kier alpha value is -1.77. The van der Waals surface area contributed by atoms with Gasteiger partial charge in [-0.1, -0.05) is 0 Å². The third-order valence-corrected chi connectivity index (χ3v) is 3.73. The highest BCUT2D eigenvalue weighted by Crippen LogP contribution is 2.39. The van der Waals surface area contributed by atoms with Crippen molar-refractivity contribution < 1.29 is 35.9 Å². The summed E-state index contributed by atoms with van der Waals surface area (Å²) < 4.78 is 82.0. The van der Waals surface area contributed by atoms with Gasteiger partial charge in [-0.25, -0.2) is 0 Å². The highest BCUT2D eigenvalue weighted by atomic mass is 19.4. The minimum absolute atomic E-state index is 0.0846. The van der Waals surface area contributed by atoms with Gasteiger partial charge >= 0.3 is 18.3 Å². The Kier molecular flexibility index (Phi) is 5.12. The molecule has 0 radical (unpaired) electrons. The Bertz CT molecular complexity index is 579. The van der Waals surface area contributed by atoms with Crippen molar-refractivity contribution in [2.75, 3.05) is 6.61 Å². The third kappa shape index (κ3) is 4.19. The molecule has 3 nitrogen and oxygen atoms in total. The van der Waals surface area contributed by atoms with E-state index >= 15 is 0 Å². The van der Waals surface area contributed by atoms with Crippen molar-refractivity contribution in [1.82, 2.24) is 5.32 Å². The van der Waals surface area contributed by atoms with Gasteiger partial charge in [0.2, 0.25) is 0 Å². The van der Waals surface area contributed by atoms with Crippen LogP contribution in [-0.2, 0) is 21.9 Å². The van der Waals surface area contributed by atoms with Crippen LogP contribution in [0, 0.1) is 0 Å². The molecule has 0 bridgehead atoms. The molecule has 1 aromatic rings. The topological polar surface area (TPSA) is 38.3 Å². The van der Waals surface area contributed by atoms with Crippen molar-refractivity contribution in [2.24, 2.45) is 0 Å². The molecule has 1 aliphatic rings. The molecule has 1 saturated heterocycles. The second-order valence-corrected chi connectivity index (χ2v) is 5.44. The zero-order chi connectivity index (χ0) is 18.1. The van der Waals surface area contributed by atoms with Gasteiger partial charge in [0, 0.05) is 6.04 Å². The molecule has 2 rings (SSSR count). The van der Waals surface area contributed by atoms with Crippen LogP contribution in [0.3, 0.4) is 0 Å². The summed E-state index contributed by atoms with van der Waals surface area (Å²) >= 11 is 0. The summed E-state index contributed by atoms with van der Waals surface area (Å²) in [4.78, 5) is 11.6. The standard InChI is InChI=1S/C15H15F6NO2/c1-2-24-13(23)12-4-3-11(22-12)8-5-9(14(16,17)18)7-10(6-8)15(19,20)21/h5-7,11-12,22H,2-4H2,1H3. The van der Waals surface area contributed by atoms with Crippen LogP contribution in [0.5, 0.6) is 0 Å². The highest BCUT2D eigenvalue weighted by Gasteiger charge is 2.39. The quantitative estimate of drug-likeness (QED) is 0.656. The molecule has 1 fully saturated rings. The first-order valence-corrected chi connectivity index (χ1v) is 7.24. The van der Waals surface area contributed by atoms with Crippen molar-refractivity contribution in [2.45, 2.75) is 44.2 Å². The van der Waals surface area contributed by atoms with Gasteiger partial charge < -0.3 is 4.74 Å².